The van der Waals surface area contributed by atoms with Crippen molar-refractivity contribution in [1.29, 1.82) is 0 Å². The minimum atomic E-state index is -0.469. The van der Waals surface area contributed by atoms with Gasteiger partial charge in [-0.15, -0.1) is 12.4 Å². The van der Waals surface area contributed by atoms with E-state index in [2.05, 4.69) is 0 Å². The number of morpholine rings is 1. The van der Waals surface area contributed by atoms with Crippen LogP contribution in [-0.2, 0) is 9.53 Å². The van der Waals surface area contributed by atoms with Crippen molar-refractivity contribution in [3.8, 4) is 0 Å². The highest BCUT2D eigenvalue weighted by Gasteiger charge is 2.27. The number of rotatable bonds is 4. The molecule has 0 bridgehead atoms. The molecule has 1 amide bonds. The number of nitrogens with two attached hydrogens (primary N) is 1. The van der Waals surface area contributed by atoms with Gasteiger partial charge >= 0.3 is 0 Å². The van der Waals surface area contributed by atoms with Crippen LogP contribution in [0.25, 0.3) is 0 Å². The van der Waals surface area contributed by atoms with Gasteiger partial charge in [-0.2, -0.15) is 0 Å². The molecule has 2 atom stereocenters. The molecule has 2 unspecified atom stereocenters. The van der Waals surface area contributed by atoms with Gasteiger partial charge in [-0.25, -0.2) is 4.39 Å². The molecule has 0 aliphatic carbocycles. The Morgan fingerprint density at radius 2 is 2.04 bits per heavy atom. The summed E-state index contributed by atoms with van der Waals surface area (Å²) in [7, 11) is 0. The summed E-state index contributed by atoms with van der Waals surface area (Å²) >= 11 is 5.84. The number of hydrogen-bond donors (Lipinski definition) is 1. The third-order valence-corrected chi connectivity index (χ3v) is 4.65. The van der Waals surface area contributed by atoms with Crippen LogP contribution in [0, 0.1) is 5.82 Å². The van der Waals surface area contributed by atoms with Gasteiger partial charge in [0.25, 0.3) is 0 Å². The van der Waals surface area contributed by atoms with Gasteiger partial charge in [0, 0.05) is 19.0 Å². The number of carbonyl (C=O) groups excluding carboxylic acids is 1. The quantitative estimate of drug-likeness (QED) is 0.849. The molecule has 7 heteroatoms. The van der Waals surface area contributed by atoms with Crippen molar-refractivity contribution in [3.63, 3.8) is 0 Å². The Morgan fingerprint density at radius 3 is 2.73 bits per heavy atom. The first-order valence-corrected chi connectivity index (χ1v) is 8.57. The molecule has 1 fully saturated rings. The lowest BCUT2D eigenvalue weighted by molar-refractivity contribution is -0.139. The molecule has 4 nitrogen and oxygen atoms in total. The molecule has 2 N–H and O–H groups in total. The van der Waals surface area contributed by atoms with Crippen molar-refractivity contribution in [3.05, 3.63) is 70.5 Å². The Hall–Kier alpha value is -1.66. The average Bonchev–Trinajstić information content (AvgIpc) is 2.64. The smallest absolute Gasteiger partial charge is 0.224 e. The predicted octanol–water partition coefficient (Wildman–Crippen LogP) is 3.89. The Kier molecular flexibility index (Phi) is 7.41. The van der Waals surface area contributed by atoms with Crippen LogP contribution >= 0.6 is 24.0 Å². The van der Waals surface area contributed by atoms with Gasteiger partial charge < -0.3 is 15.4 Å². The molecular weight excluding hydrogens is 378 g/mol. The summed E-state index contributed by atoms with van der Waals surface area (Å²) < 4.78 is 19.0. The number of amides is 1. The van der Waals surface area contributed by atoms with Crippen LogP contribution in [-0.4, -0.2) is 30.5 Å². The van der Waals surface area contributed by atoms with Crippen molar-refractivity contribution in [2.45, 2.75) is 18.6 Å². The number of halogens is 3. The lowest BCUT2D eigenvalue weighted by Crippen LogP contribution is -2.43. The zero-order valence-electron chi connectivity index (χ0n) is 14.1. The molecule has 2 aromatic rings. The molecular formula is C19H21Cl2FN2O2. The summed E-state index contributed by atoms with van der Waals surface area (Å²) in [6.07, 6.45) is -0.0790. The van der Waals surface area contributed by atoms with Crippen LogP contribution in [0.3, 0.4) is 0 Å². The molecule has 0 radical (unpaired) electrons. The number of ether oxygens (including phenoxy) is 1. The van der Waals surface area contributed by atoms with Gasteiger partial charge in [0.15, 0.2) is 0 Å². The zero-order chi connectivity index (χ0) is 17.8. The first-order valence-electron chi connectivity index (χ1n) is 8.19. The van der Waals surface area contributed by atoms with E-state index in [4.69, 9.17) is 22.1 Å². The molecule has 3 rings (SSSR count). The lowest BCUT2D eigenvalue weighted by Gasteiger charge is -2.34. The Balaban J connectivity index is 0.00000243. The van der Waals surface area contributed by atoms with Crippen molar-refractivity contribution in [2.24, 2.45) is 5.73 Å². The molecule has 1 aliphatic heterocycles. The summed E-state index contributed by atoms with van der Waals surface area (Å²) in [6.45, 7) is 1.35. The maximum atomic E-state index is 13.3. The second kappa shape index (κ2) is 9.33. The molecule has 0 aromatic heterocycles. The van der Waals surface area contributed by atoms with Crippen molar-refractivity contribution >= 4 is 29.9 Å². The van der Waals surface area contributed by atoms with E-state index in [1.807, 2.05) is 30.3 Å². The van der Waals surface area contributed by atoms with E-state index in [1.165, 1.54) is 6.07 Å². The van der Waals surface area contributed by atoms with E-state index in [0.29, 0.717) is 19.7 Å². The first kappa shape index (κ1) is 20.6. The lowest BCUT2D eigenvalue weighted by atomic mass is 10.0. The Bertz CT molecular complexity index is 746. The standard InChI is InChI=1S/C19H20ClFN2O2.ClH/c20-15-10-14(6-7-16(15)21)18-12-23(8-9-25-18)19(24)11-17(22)13-4-2-1-3-5-13;/h1-7,10,17-18H,8-9,11-12,22H2;1H. The third kappa shape index (κ3) is 4.95. The van der Waals surface area contributed by atoms with Crippen LogP contribution in [0.5, 0.6) is 0 Å². The van der Waals surface area contributed by atoms with E-state index >= 15 is 0 Å². The van der Waals surface area contributed by atoms with Crippen molar-refractivity contribution in [2.75, 3.05) is 19.7 Å². The highest BCUT2D eigenvalue weighted by molar-refractivity contribution is 6.30. The summed E-state index contributed by atoms with van der Waals surface area (Å²) in [5, 5.41) is 0.0515. The fourth-order valence-electron chi connectivity index (χ4n) is 2.93. The molecule has 1 aliphatic rings. The van der Waals surface area contributed by atoms with Crippen LogP contribution in [0.4, 0.5) is 4.39 Å². The summed E-state index contributed by atoms with van der Waals surface area (Å²) in [5.74, 6) is -0.485. The second-order valence-corrected chi connectivity index (χ2v) is 6.50. The molecule has 0 saturated carbocycles. The molecule has 1 saturated heterocycles. The minimum Gasteiger partial charge on any atom is -0.370 e. The second-order valence-electron chi connectivity index (χ2n) is 6.09. The van der Waals surface area contributed by atoms with E-state index in [9.17, 15) is 9.18 Å². The van der Waals surface area contributed by atoms with Crippen LogP contribution < -0.4 is 5.73 Å². The van der Waals surface area contributed by atoms with E-state index in [1.54, 1.807) is 17.0 Å². The third-order valence-electron chi connectivity index (χ3n) is 4.36. The van der Waals surface area contributed by atoms with Gasteiger partial charge in [-0.3, -0.25) is 4.79 Å². The van der Waals surface area contributed by atoms with Gasteiger partial charge in [0.05, 0.1) is 18.2 Å². The number of nitrogens with zero attached hydrogens (tertiary/aromatic N) is 1. The highest BCUT2D eigenvalue weighted by Crippen LogP contribution is 2.27. The number of hydrogen-bond acceptors (Lipinski definition) is 3. The zero-order valence-corrected chi connectivity index (χ0v) is 15.7. The van der Waals surface area contributed by atoms with Gasteiger partial charge in [-0.1, -0.05) is 48.0 Å². The van der Waals surface area contributed by atoms with Crippen LogP contribution in [0.15, 0.2) is 48.5 Å². The maximum Gasteiger partial charge on any atom is 0.224 e. The highest BCUT2D eigenvalue weighted by atomic mass is 35.5. The van der Waals surface area contributed by atoms with E-state index in [-0.39, 0.29) is 41.9 Å². The molecule has 0 spiro atoms. The summed E-state index contributed by atoms with van der Waals surface area (Å²) in [6, 6.07) is 13.7. The average molecular weight is 399 g/mol. The van der Waals surface area contributed by atoms with Crippen LogP contribution in [0.1, 0.15) is 29.7 Å². The predicted molar refractivity (Wildman–Crippen MR) is 102 cm³/mol. The summed E-state index contributed by atoms with van der Waals surface area (Å²) in [5.41, 5.74) is 7.84. The van der Waals surface area contributed by atoms with Gasteiger partial charge in [0.2, 0.25) is 5.91 Å². The monoisotopic (exact) mass is 398 g/mol. The minimum absolute atomic E-state index is 0. The Morgan fingerprint density at radius 1 is 1.31 bits per heavy atom. The number of benzene rings is 2. The first-order chi connectivity index (χ1) is 12.0. The molecule has 1 heterocycles. The molecule has 26 heavy (non-hydrogen) atoms. The largest absolute Gasteiger partial charge is 0.370 e. The van der Waals surface area contributed by atoms with E-state index in [0.717, 1.165) is 11.1 Å². The van der Waals surface area contributed by atoms with Crippen LogP contribution in [0.2, 0.25) is 5.02 Å². The fraction of sp³-hybridized carbons (Fsp3) is 0.316. The normalized spacial score (nSPS) is 18.1. The van der Waals surface area contributed by atoms with Crippen molar-refractivity contribution in [1.82, 2.24) is 4.90 Å². The van der Waals surface area contributed by atoms with Gasteiger partial charge in [-0.05, 0) is 23.3 Å². The number of carbonyl (C=O) groups is 1. The fourth-order valence-corrected chi connectivity index (χ4v) is 3.11. The van der Waals surface area contributed by atoms with E-state index < -0.39 is 5.82 Å². The van der Waals surface area contributed by atoms with Gasteiger partial charge in [0.1, 0.15) is 11.9 Å². The topological polar surface area (TPSA) is 55.6 Å². The maximum absolute atomic E-state index is 13.3. The molecule has 2 aromatic carbocycles. The van der Waals surface area contributed by atoms with Crippen molar-refractivity contribution < 1.29 is 13.9 Å². The SMILES string of the molecule is Cl.NC(CC(=O)N1CCOC(c2ccc(F)c(Cl)c2)C1)c1ccccc1. The Labute approximate surface area is 163 Å². The summed E-state index contributed by atoms with van der Waals surface area (Å²) in [4.78, 5) is 14.3. The molecule has 140 valence electrons.